The number of aryl methyl sites for hydroxylation is 2. The topological polar surface area (TPSA) is 51.2 Å². The van der Waals surface area contributed by atoms with Gasteiger partial charge in [-0.3, -0.25) is 9.78 Å². The fourth-order valence-corrected chi connectivity index (χ4v) is 1.90. The molecule has 1 heterocycles. The molecule has 4 heteroatoms. The molecule has 0 saturated carbocycles. The van der Waals surface area contributed by atoms with Crippen LogP contribution in [0.2, 0.25) is 0 Å². The van der Waals surface area contributed by atoms with Crippen LogP contribution in [-0.4, -0.2) is 17.5 Å². The van der Waals surface area contributed by atoms with Crippen LogP contribution in [0.5, 0.6) is 5.75 Å². The Morgan fingerprint density at radius 2 is 2.10 bits per heavy atom. The molecule has 0 spiro atoms. The Morgan fingerprint density at radius 3 is 2.85 bits per heavy atom. The van der Waals surface area contributed by atoms with Crippen LogP contribution in [0.3, 0.4) is 0 Å². The van der Waals surface area contributed by atoms with Gasteiger partial charge < -0.3 is 10.1 Å². The van der Waals surface area contributed by atoms with Crippen LogP contribution in [0, 0.1) is 6.92 Å². The zero-order valence-corrected chi connectivity index (χ0v) is 11.7. The van der Waals surface area contributed by atoms with Gasteiger partial charge in [0.2, 0.25) is 0 Å². The highest BCUT2D eigenvalue weighted by Gasteiger charge is 2.06. The number of para-hydroxylation sites is 1. The lowest BCUT2D eigenvalue weighted by molar-refractivity contribution is -0.118. The van der Waals surface area contributed by atoms with E-state index in [-0.39, 0.29) is 12.5 Å². The number of ether oxygens (including phenoxy) is 1. The standard InChI is InChI=1S/C16H18N2O2/c1-3-13-6-4-5-7-15(13)20-11-16(19)18-14-8-9-17-12(2)10-14/h4-10H,3,11H2,1-2H3,(H,17,18,19). The molecular formula is C16H18N2O2. The van der Waals surface area contributed by atoms with Gasteiger partial charge >= 0.3 is 0 Å². The number of rotatable bonds is 5. The van der Waals surface area contributed by atoms with Crippen molar-refractivity contribution >= 4 is 11.6 Å². The molecule has 0 atom stereocenters. The third-order valence-corrected chi connectivity index (χ3v) is 2.89. The van der Waals surface area contributed by atoms with Crippen LogP contribution >= 0.6 is 0 Å². The minimum absolute atomic E-state index is 0.00160. The average Bonchev–Trinajstić information content (AvgIpc) is 2.45. The number of anilines is 1. The second kappa shape index (κ2) is 6.70. The third kappa shape index (κ3) is 3.82. The van der Waals surface area contributed by atoms with E-state index in [1.807, 2.05) is 37.3 Å². The number of hydrogen-bond donors (Lipinski definition) is 1. The van der Waals surface area contributed by atoms with Gasteiger partial charge in [0, 0.05) is 17.6 Å². The van der Waals surface area contributed by atoms with E-state index in [2.05, 4.69) is 17.2 Å². The number of hydrogen-bond acceptors (Lipinski definition) is 3. The van der Waals surface area contributed by atoms with Crippen molar-refractivity contribution in [2.24, 2.45) is 0 Å². The SMILES string of the molecule is CCc1ccccc1OCC(=O)Nc1ccnc(C)c1. The molecule has 0 aliphatic carbocycles. The lowest BCUT2D eigenvalue weighted by atomic mass is 10.1. The predicted octanol–water partition coefficient (Wildman–Crippen LogP) is 2.97. The van der Waals surface area contributed by atoms with E-state index in [1.165, 1.54) is 0 Å². The van der Waals surface area contributed by atoms with Crippen LogP contribution < -0.4 is 10.1 Å². The van der Waals surface area contributed by atoms with Crippen LogP contribution in [0.4, 0.5) is 5.69 Å². The van der Waals surface area contributed by atoms with Gasteiger partial charge in [-0.1, -0.05) is 25.1 Å². The maximum Gasteiger partial charge on any atom is 0.262 e. The summed E-state index contributed by atoms with van der Waals surface area (Å²) in [5, 5.41) is 2.79. The molecule has 0 saturated heterocycles. The predicted molar refractivity (Wildman–Crippen MR) is 78.9 cm³/mol. The molecule has 0 fully saturated rings. The van der Waals surface area contributed by atoms with Crippen molar-refractivity contribution in [1.29, 1.82) is 0 Å². The first-order chi connectivity index (χ1) is 9.69. The number of benzene rings is 1. The Bertz CT molecular complexity index is 597. The lowest BCUT2D eigenvalue weighted by Crippen LogP contribution is -2.20. The summed E-state index contributed by atoms with van der Waals surface area (Å²) in [6.07, 6.45) is 2.54. The Kier molecular flexibility index (Phi) is 4.71. The molecule has 2 rings (SSSR count). The Morgan fingerprint density at radius 1 is 1.30 bits per heavy atom. The molecule has 1 N–H and O–H groups in total. The van der Waals surface area contributed by atoms with Crippen LogP contribution in [-0.2, 0) is 11.2 Å². The number of carbonyl (C=O) groups is 1. The normalized spacial score (nSPS) is 10.1. The molecule has 0 bridgehead atoms. The van der Waals surface area contributed by atoms with Crippen molar-refractivity contribution in [3.63, 3.8) is 0 Å². The van der Waals surface area contributed by atoms with Gasteiger partial charge in [-0.15, -0.1) is 0 Å². The van der Waals surface area contributed by atoms with Crippen molar-refractivity contribution < 1.29 is 9.53 Å². The van der Waals surface area contributed by atoms with E-state index in [0.717, 1.165) is 29.1 Å². The molecule has 1 amide bonds. The summed E-state index contributed by atoms with van der Waals surface area (Å²) in [5.41, 5.74) is 2.69. The molecule has 1 aromatic heterocycles. The van der Waals surface area contributed by atoms with Gasteiger partial charge in [-0.05, 0) is 37.1 Å². The van der Waals surface area contributed by atoms with E-state index in [4.69, 9.17) is 4.74 Å². The van der Waals surface area contributed by atoms with Crippen LogP contribution in [0.1, 0.15) is 18.2 Å². The van der Waals surface area contributed by atoms with E-state index in [0.29, 0.717) is 0 Å². The molecule has 0 aliphatic rings. The third-order valence-electron chi connectivity index (χ3n) is 2.89. The summed E-state index contributed by atoms with van der Waals surface area (Å²) >= 11 is 0. The fourth-order valence-electron chi connectivity index (χ4n) is 1.90. The van der Waals surface area contributed by atoms with Gasteiger partial charge in [0.25, 0.3) is 5.91 Å². The summed E-state index contributed by atoms with van der Waals surface area (Å²) in [4.78, 5) is 15.9. The number of nitrogens with zero attached hydrogens (tertiary/aromatic N) is 1. The van der Waals surface area contributed by atoms with Crippen LogP contribution in [0.25, 0.3) is 0 Å². The highest BCUT2D eigenvalue weighted by atomic mass is 16.5. The molecule has 20 heavy (non-hydrogen) atoms. The van der Waals surface area contributed by atoms with E-state index in [9.17, 15) is 4.79 Å². The molecule has 104 valence electrons. The Balaban J connectivity index is 1.92. The molecule has 0 aliphatic heterocycles. The van der Waals surface area contributed by atoms with E-state index in [1.54, 1.807) is 12.3 Å². The number of carbonyl (C=O) groups excluding carboxylic acids is 1. The van der Waals surface area contributed by atoms with Gasteiger partial charge in [-0.25, -0.2) is 0 Å². The minimum Gasteiger partial charge on any atom is -0.483 e. The molecule has 0 radical (unpaired) electrons. The van der Waals surface area contributed by atoms with Gasteiger partial charge in [0.05, 0.1) is 0 Å². The Labute approximate surface area is 118 Å². The first-order valence-electron chi connectivity index (χ1n) is 6.62. The van der Waals surface area contributed by atoms with Gasteiger partial charge in [0.1, 0.15) is 5.75 Å². The fraction of sp³-hybridized carbons (Fsp3) is 0.250. The second-order valence-electron chi connectivity index (χ2n) is 4.48. The number of amides is 1. The zero-order chi connectivity index (χ0) is 14.4. The summed E-state index contributed by atoms with van der Waals surface area (Å²) < 4.78 is 5.56. The first kappa shape index (κ1) is 14.1. The Hall–Kier alpha value is -2.36. The van der Waals surface area contributed by atoms with Crippen LogP contribution in [0.15, 0.2) is 42.6 Å². The number of aromatic nitrogens is 1. The lowest BCUT2D eigenvalue weighted by Gasteiger charge is -2.10. The molecule has 0 unspecified atom stereocenters. The number of nitrogens with one attached hydrogen (secondary N) is 1. The summed E-state index contributed by atoms with van der Waals surface area (Å²) in [5.74, 6) is 0.581. The van der Waals surface area contributed by atoms with Crippen molar-refractivity contribution in [1.82, 2.24) is 4.98 Å². The highest BCUT2D eigenvalue weighted by Crippen LogP contribution is 2.18. The zero-order valence-electron chi connectivity index (χ0n) is 11.7. The monoisotopic (exact) mass is 270 g/mol. The van der Waals surface area contributed by atoms with Gasteiger partial charge in [0.15, 0.2) is 6.61 Å². The quantitative estimate of drug-likeness (QED) is 0.908. The van der Waals surface area contributed by atoms with Gasteiger partial charge in [-0.2, -0.15) is 0 Å². The summed E-state index contributed by atoms with van der Waals surface area (Å²) in [6, 6.07) is 11.3. The largest absolute Gasteiger partial charge is 0.483 e. The minimum atomic E-state index is -0.179. The summed E-state index contributed by atoms with van der Waals surface area (Å²) in [7, 11) is 0. The molecule has 2 aromatic rings. The van der Waals surface area contributed by atoms with Crippen molar-refractivity contribution in [2.75, 3.05) is 11.9 Å². The number of pyridine rings is 1. The van der Waals surface area contributed by atoms with E-state index < -0.39 is 0 Å². The molecule has 1 aromatic carbocycles. The second-order valence-corrected chi connectivity index (χ2v) is 4.48. The maximum absolute atomic E-state index is 11.8. The van der Waals surface area contributed by atoms with Crippen molar-refractivity contribution in [3.8, 4) is 5.75 Å². The average molecular weight is 270 g/mol. The molecular weight excluding hydrogens is 252 g/mol. The van der Waals surface area contributed by atoms with Crippen molar-refractivity contribution in [2.45, 2.75) is 20.3 Å². The van der Waals surface area contributed by atoms with E-state index >= 15 is 0 Å². The maximum atomic E-state index is 11.8. The smallest absolute Gasteiger partial charge is 0.262 e. The summed E-state index contributed by atoms with van der Waals surface area (Å²) in [6.45, 7) is 3.93. The first-order valence-corrected chi connectivity index (χ1v) is 6.62. The van der Waals surface area contributed by atoms with Crippen molar-refractivity contribution in [3.05, 3.63) is 53.9 Å². The highest BCUT2D eigenvalue weighted by molar-refractivity contribution is 5.91. The molecule has 4 nitrogen and oxygen atoms in total.